The first-order valence-corrected chi connectivity index (χ1v) is 6.76. The Morgan fingerprint density at radius 2 is 2.33 bits per heavy atom. The topological polar surface area (TPSA) is 92.2 Å². The van der Waals surface area contributed by atoms with Crippen LogP contribution in [0.2, 0.25) is 0 Å². The number of methoxy groups -OCH3 is 1. The lowest BCUT2D eigenvalue weighted by atomic mass is 10.2. The highest BCUT2D eigenvalue weighted by molar-refractivity contribution is 5.77. The normalized spacial score (nSPS) is 10.8. The molecule has 3 N–H and O–H groups in total. The Kier molecular flexibility index (Phi) is 5.53. The van der Waals surface area contributed by atoms with Crippen LogP contribution in [-0.2, 0) is 16.1 Å². The molecule has 0 fully saturated rings. The van der Waals surface area contributed by atoms with Crippen molar-refractivity contribution in [1.82, 2.24) is 20.8 Å². The molecule has 2 heterocycles. The number of furan rings is 1. The van der Waals surface area contributed by atoms with E-state index in [0.29, 0.717) is 19.7 Å². The van der Waals surface area contributed by atoms with Gasteiger partial charge in [0.15, 0.2) is 5.76 Å². The molecule has 0 aliphatic rings. The maximum atomic E-state index is 11.5. The molecule has 0 spiro atoms. The molecule has 0 atom stereocenters. The molecule has 0 saturated heterocycles. The van der Waals surface area contributed by atoms with E-state index in [-0.39, 0.29) is 12.5 Å². The van der Waals surface area contributed by atoms with Crippen LogP contribution in [0.15, 0.2) is 22.7 Å². The van der Waals surface area contributed by atoms with E-state index >= 15 is 0 Å². The smallest absolute Gasteiger partial charge is 0.234 e. The van der Waals surface area contributed by atoms with Crippen molar-refractivity contribution in [2.75, 3.05) is 26.8 Å². The van der Waals surface area contributed by atoms with Crippen LogP contribution in [0.25, 0.3) is 11.5 Å². The second-order valence-electron chi connectivity index (χ2n) is 4.63. The minimum absolute atomic E-state index is 0.0639. The van der Waals surface area contributed by atoms with Gasteiger partial charge >= 0.3 is 0 Å². The van der Waals surface area contributed by atoms with Crippen molar-refractivity contribution in [3.63, 3.8) is 0 Å². The summed E-state index contributed by atoms with van der Waals surface area (Å²) in [5, 5.41) is 12.8. The number of hydrogen-bond acceptors (Lipinski definition) is 5. The quantitative estimate of drug-likeness (QED) is 0.627. The summed E-state index contributed by atoms with van der Waals surface area (Å²) in [5.41, 5.74) is 1.78. The second kappa shape index (κ2) is 7.61. The maximum Gasteiger partial charge on any atom is 0.234 e. The molecule has 0 radical (unpaired) electrons. The van der Waals surface area contributed by atoms with Gasteiger partial charge in [-0.1, -0.05) is 0 Å². The summed E-state index contributed by atoms with van der Waals surface area (Å²) in [4.78, 5) is 11.5. The third-order valence-electron chi connectivity index (χ3n) is 2.93. The number of ether oxygens (including phenoxy) is 1. The molecule has 7 nitrogen and oxygen atoms in total. The lowest BCUT2D eigenvalue weighted by molar-refractivity contribution is -0.120. The largest absolute Gasteiger partial charge is 0.460 e. The molecular formula is C14H20N4O3. The number of nitrogens with one attached hydrogen (secondary N) is 3. The summed E-state index contributed by atoms with van der Waals surface area (Å²) in [7, 11) is 1.60. The Morgan fingerprint density at radius 1 is 1.48 bits per heavy atom. The van der Waals surface area contributed by atoms with E-state index in [4.69, 9.17) is 9.15 Å². The van der Waals surface area contributed by atoms with Gasteiger partial charge in [0.2, 0.25) is 5.91 Å². The molecule has 2 aromatic rings. The molecule has 21 heavy (non-hydrogen) atoms. The van der Waals surface area contributed by atoms with Gasteiger partial charge < -0.3 is 19.8 Å². The fraction of sp³-hybridized carbons (Fsp3) is 0.429. The molecule has 2 aromatic heterocycles. The molecule has 2 rings (SSSR count). The van der Waals surface area contributed by atoms with Crippen LogP contribution in [0, 0.1) is 6.92 Å². The van der Waals surface area contributed by atoms with Crippen molar-refractivity contribution in [3.8, 4) is 11.5 Å². The van der Waals surface area contributed by atoms with Crippen molar-refractivity contribution in [3.05, 3.63) is 29.7 Å². The van der Waals surface area contributed by atoms with Crippen LogP contribution in [0.1, 0.15) is 11.3 Å². The van der Waals surface area contributed by atoms with Crippen LogP contribution in [0.3, 0.4) is 0 Å². The van der Waals surface area contributed by atoms with E-state index in [2.05, 4.69) is 20.8 Å². The van der Waals surface area contributed by atoms with Crippen LogP contribution < -0.4 is 10.6 Å². The van der Waals surface area contributed by atoms with Crippen molar-refractivity contribution in [2.24, 2.45) is 0 Å². The van der Waals surface area contributed by atoms with E-state index in [1.165, 1.54) is 0 Å². The zero-order valence-corrected chi connectivity index (χ0v) is 12.2. The third kappa shape index (κ3) is 4.44. The van der Waals surface area contributed by atoms with Gasteiger partial charge in [-0.2, -0.15) is 5.10 Å². The van der Waals surface area contributed by atoms with Gasteiger partial charge in [-0.05, 0) is 19.1 Å². The molecule has 0 bridgehead atoms. The average Bonchev–Trinajstić information content (AvgIpc) is 3.08. The van der Waals surface area contributed by atoms with Crippen LogP contribution >= 0.6 is 0 Å². The van der Waals surface area contributed by atoms with Crippen molar-refractivity contribution in [2.45, 2.75) is 13.5 Å². The summed E-state index contributed by atoms with van der Waals surface area (Å²) < 4.78 is 10.4. The maximum absolute atomic E-state index is 11.5. The monoisotopic (exact) mass is 292 g/mol. The van der Waals surface area contributed by atoms with Crippen LogP contribution in [0.4, 0.5) is 0 Å². The SMILES string of the molecule is COCCNC(=O)CNCc1cn[nH]c1-c1ccc(C)o1. The number of aryl methyl sites for hydroxylation is 1. The van der Waals surface area contributed by atoms with Crippen molar-refractivity contribution >= 4 is 5.91 Å². The number of amides is 1. The molecular weight excluding hydrogens is 272 g/mol. The summed E-state index contributed by atoms with van der Waals surface area (Å²) in [6.45, 7) is 3.69. The lowest BCUT2D eigenvalue weighted by Gasteiger charge is -2.06. The third-order valence-corrected chi connectivity index (χ3v) is 2.93. The molecule has 0 saturated carbocycles. The van der Waals surface area contributed by atoms with E-state index in [1.54, 1.807) is 13.3 Å². The predicted molar refractivity (Wildman–Crippen MR) is 77.6 cm³/mol. The standard InChI is InChI=1S/C14H20N4O3/c1-10-3-4-12(21-10)14-11(8-17-18-14)7-15-9-13(19)16-5-6-20-2/h3-4,8,15H,5-7,9H2,1-2H3,(H,16,19)(H,17,18). The highest BCUT2D eigenvalue weighted by atomic mass is 16.5. The van der Waals surface area contributed by atoms with E-state index in [1.807, 2.05) is 19.1 Å². The zero-order valence-electron chi connectivity index (χ0n) is 12.2. The molecule has 1 amide bonds. The fourth-order valence-electron chi connectivity index (χ4n) is 1.89. The number of nitrogens with zero attached hydrogens (tertiary/aromatic N) is 1. The predicted octanol–water partition coefficient (Wildman–Crippen LogP) is 0.830. The molecule has 0 aromatic carbocycles. The summed E-state index contributed by atoms with van der Waals surface area (Å²) >= 11 is 0. The Balaban J connectivity index is 1.82. The number of aromatic nitrogens is 2. The molecule has 114 valence electrons. The van der Waals surface area contributed by atoms with E-state index in [0.717, 1.165) is 22.8 Å². The summed E-state index contributed by atoms with van der Waals surface area (Å²) in [6, 6.07) is 3.79. The number of rotatable bonds is 8. The van der Waals surface area contributed by atoms with Gasteiger partial charge in [0.1, 0.15) is 11.5 Å². The highest BCUT2D eigenvalue weighted by Gasteiger charge is 2.11. The zero-order chi connectivity index (χ0) is 15.1. The first-order chi connectivity index (χ1) is 10.2. The van der Waals surface area contributed by atoms with Gasteiger partial charge in [-0.25, -0.2) is 0 Å². The minimum atomic E-state index is -0.0639. The molecule has 0 aliphatic heterocycles. The van der Waals surface area contributed by atoms with Crippen LogP contribution in [0.5, 0.6) is 0 Å². The van der Waals surface area contributed by atoms with Gasteiger partial charge in [-0.3, -0.25) is 9.89 Å². The number of carbonyl (C=O) groups is 1. The highest BCUT2D eigenvalue weighted by Crippen LogP contribution is 2.22. The number of carbonyl (C=O) groups excluding carboxylic acids is 1. The van der Waals surface area contributed by atoms with E-state index in [9.17, 15) is 4.79 Å². The van der Waals surface area contributed by atoms with Crippen LogP contribution in [-0.4, -0.2) is 42.9 Å². The Bertz CT molecular complexity index is 576. The Morgan fingerprint density at radius 3 is 3.05 bits per heavy atom. The number of aromatic amines is 1. The van der Waals surface area contributed by atoms with Gasteiger partial charge in [-0.15, -0.1) is 0 Å². The Hall–Kier alpha value is -2.12. The number of H-pyrrole nitrogens is 1. The van der Waals surface area contributed by atoms with Crippen molar-refractivity contribution < 1.29 is 13.9 Å². The minimum Gasteiger partial charge on any atom is -0.460 e. The fourth-order valence-corrected chi connectivity index (χ4v) is 1.89. The van der Waals surface area contributed by atoms with Crippen molar-refractivity contribution in [1.29, 1.82) is 0 Å². The second-order valence-corrected chi connectivity index (χ2v) is 4.63. The summed E-state index contributed by atoms with van der Waals surface area (Å²) in [5.74, 6) is 1.52. The van der Waals surface area contributed by atoms with Gasteiger partial charge in [0.05, 0.1) is 19.3 Å². The van der Waals surface area contributed by atoms with E-state index < -0.39 is 0 Å². The van der Waals surface area contributed by atoms with Gasteiger partial charge in [0.25, 0.3) is 0 Å². The first kappa shape index (κ1) is 15.3. The molecule has 7 heteroatoms. The van der Waals surface area contributed by atoms with Gasteiger partial charge in [0, 0.05) is 25.8 Å². The lowest BCUT2D eigenvalue weighted by Crippen LogP contribution is -2.35. The number of hydrogen-bond donors (Lipinski definition) is 3. The Labute approximate surface area is 123 Å². The average molecular weight is 292 g/mol. The summed E-state index contributed by atoms with van der Waals surface area (Å²) in [6.07, 6.45) is 1.73. The molecule has 0 unspecified atom stereocenters. The molecule has 0 aliphatic carbocycles. The first-order valence-electron chi connectivity index (χ1n) is 6.76.